The largest absolute Gasteiger partial charge is 0.462 e. The third-order valence-corrected chi connectivity index (χ3v) is 7.11. The van der Waals surface area contributed by atoms with Gasteiger partial charge >= 0.3 is 5.97 Å². The van der Waals surface area contributed by atoms with Crippen LogP contribution in [0.5, 0.6) is 0 Å². The number of anilines is 1. The minimum Gasteiger partial charge on any atom is -0.462 e. The number of hydrogen-bond acceptors (Lipinski definition) is 5. The summed E-state index contributed by atoms with van der Waals surface area (Å²) in [5.41, 5.74) is 3.37. The van der Waals surface area contributed by atoms with Crippen LogP contribution < -0.4 is 10.6 Å². The minimum atomic E-state index is -1.93. The van der Waals surface area contributed by atoms with Gasteiger partial charge in [0.2, 0.25) is 3.79 Å². The average Bonchev–Trinajstić information content (AvgIpc) is 3.27. The minimum absolute atomic E-state index is 0.202. The summed E-state index contributed by atoms with van der Waals surface area (Å²) in [7, 11) is 0. The zero-order valence-electron chi connectivity index (χ0n) is 19.5. The van der Waals surface area contributed by atoms with E-state index in [9.17, 15) is 9.59 Å². The first kappa shape index (κ1) is 26.3. The predicted octanol–water partition coefficient (Wildman–Crippen LogP) is 7.59. The molecule has 2 N–H and O–H groups in total. The molecule has 0 radical (unpaired) electrons. The van der Waals surface area contributed by atoms with E-state index < -0.39 is 21.8 Å². The number of thiophene rings is 1. The molecule has 0 saturated carbocycles. The lowest BCUT2D eigenvalue weighted by Crippen LogP contribution is -2.49. The normalized spacial score (nSPS) is 12.2. The second-order valence-electron chi connectivity index (χ2n) is 8.06. The molecular formula is C27H23Cl3N2O3S. The van der Waals surface area contributed by atoms with E-state index in [-0.39, 0.29) is 6.61 Å². The fourth-order valence-electron chi connectivity index (χ4n) is 3.78. The van der Waals surface area contributed by atoms with Gasteiger partial charge in [-0.2, -0.15) is 0 Å². The van der Waals surface area contributed by atoms with E-state index in [4.69, 9.17) is 39.5 Å². The van der Waals surface area contributed by atoms with Gasteiger partial charge in [-0.1, -0.05) is 101 Å². The molecule has 0 spiro atoms. The Bertz CT molecular complexity index is 1390. The quantitative estimate of drug-likeness (QED) is 0.139. The van der Waals surface area contributed by atoms with Crippen LogP contribution in [0.4, 0.5) is 5.00 Å². The number of ether oxygens (including phenoxy) is 1. The highest BCUT2D eigenvalue weighted by molar-refractivity contribution is 7.15. The number of alkyl halides is 3. The highest BCUT2D eigenvalue weighted by Crippen LogP contribution is 2.39. The highest BCUT2D eigenvalue weighted by atomic mass is 35.6. The van der Waals surface area contributed by atoms with Crippen molar-refractivity contribution in [2.24, 2.45) is 0 Å². The topological polar surface area (TPSA) is 67.4 Å². The molecule has 0 aliphatic heterocycles. The molecule has 1 atom stereocenters. The summed E-state index contributed by atoms with van der Waals surface area (Å²) in [6, 6.07) is 20.7. The summed E-state index contributed by atoms with van der Waals surface area (Å²) in [4.78, 5) is 26.2. The van der Waals surface area contributed by atoms with Gasteiger partial charge in [0.05, 0.1) is 6.61 Å². The van der Waals surface area contributed by atoms with Gasteiger partial charge in [0, 0.05) is 16.5 Å². The van der Waals surface area contributed by atoms with Gasteiger partial charge in [-0.15, -0.1) is 11.3 Å². The lowest BCUT2D eigenvalue weighted by atomic mass is 10.0. The van der Waals surface area contributed by atoms with Crippen molar-refractivity contribution in [3.8, 4) is 11.1 Å². The van der Waals surface area contributed by atoms with Gasteiger partial charge in [-0.3, -0.25) is 4.79 Å². The van der Waals surface area contributed by atoms with Gasteiger partial charge in [0.15, 0.2) is 0 Å². The standard InChI is InChI=1S/C27H23Cl3N2O3S/c1-3-35-25(34)22-21(18-13-11-16(2)12-14-18)15-36-24(22)32-26(27(28,29)30)31-23(33)20-10-6-8-17-7-4-5-9-19(17)20/h4-15,26,32H,3H2,1-2H3,(H,31,33)/t26-/m1/s1. The number of aryl methyl sites for hydroxylation is 1. The van der Waals surface area contributed by atoms with E-state index in [2.05, 4.69) is 10.6 Å². The van der Waals surface area contributed by atoms with Crippen LogP contribution >= 0.6 is 46.1 Å². The summed E-state index contributed by atoms with van der Waals surface area (Å²) in [6.45, 7) is 3.92. The van der Waals surface area contributed by atoms with E-state index in [1.807, 2.05) is 66.9 Å². The van der Waals surface area contributed by atoms with Gasteiger partial charge in [-0.25, -0.2) is 4.79 Å². The monoisotopic (exact) mass is 560 g/mol. The second kappa shape index (κ2) is 11.1. The number of carbonyl (C=O) groups is 2. The number of rotatable bonds is 7. The molecule has 0 saturated heterocycles. The van der Waals surface area contributed by atoms with E-state index in [1.165, 1.54) is 11.3 Å². The molecule has 1 amide bonds. The third kappa shape index (κ3) is 5.79. The molecule has 1 heterocycles. The van der Waals surface area contributed by atoms with E-state index >= 15 is 0 Å². The number of fused-ring (bicyclic) bond motifs is 1. The molecule has 36 heavy (non-hydrogen) atoms. The number of carbonyl (C=O) groups excluding carboxylic acids is 2. The van der Waals surface area contributed by atoms with Crippen LogP contribution in [0, 0.1) is 6.92 Å². The summed E-state index contributed by atoms with van der Waals surface area (Å²) >= 11 is 20.1. The Hall–Kier alpha value is -2.77. The molecule has 0 bridgehead atoms. The summed E-state index contributed by atoms with van der Waals surface area (Å²) in [6.07, 6.45) is -1.15. The molecule has 5 nitrogen and oxygen atoms in total. The van der Waals surface area contributed by atoms with Crippen molar-refractivity contribution in [1.82, 2.24) is 5.32 Å². The fourth-order valence-corrected chi connectivity index (χ4v) is 5.09. The molecule has 4 aromatic rings. The molecule has 0 fully saturated rings. The lowest BCUT2D eigenvalue weighted by molar-refractivity contribution is 0.0529. The van der Waals surface area contributed by atoms with Gasteiger partial charge in [-0.05, 0) is 36.2 Å². The van der Waals surface area contributed by atoms with Crippen LogP contribution in [-0.2, 0) is 4.74 Å². The van der Waals surface area contributed by atoms with Crippen molar-refractivity contribution in [3.05, 3.63) is 88.8 Å². The third-order valence-electron chi connectivity index (χ3n) is 5.55. The maximum Gasteiger partial charge on any atom is 0.341 e. The van der Waals surface area contributed by atoms with Crippen molar-refractivity contribution in [1.29, 1.82) is 0 Å². The van der Waals surface area contributed by atoms with Gasteiger partial charge < -0.3 is 15.4 Å². The molecule has 0 aliphatic rings. The fraction of sp³-hybridized carbons (Fsp3) is 0.185. The Kier molecular flexibility index (Phi) is 8.10. The number of amides is 1. The first-order valence-electron chi connectivity index (χ1n) is 11.2. The van der Waals surface area contributed by atoms with Crippen molar-refractivity contribution < 1.29 is 14.3 Å². The average molecular weight is 562 g/mol. The van der Waals surface area contributed by atoms with Crippen LogP contribution in [0.1, 0.15) is 33.2 Å². The molecule has 0 unspecified atom stereocenters. The van der Waals surface area contributed by atoms with E-state index in [0.717, 1.165) is 21.9 Å². The number of hydrogen-bond donors (Lipinski definition) is 2. The zero-order chi connectivity index (χ0) is 25.9. The maximum absolute atomic E-state index is 13.3. The maximum atomic E-state index is 13.3. The van der Waals surface area contributed by atoms with Crippen molar-refractivity contribution in [2.45, 2.75) is 23.8 Å². The highest BCUT2D eigenvalue weighted by Gasteiger charge is 2.36. The Labute approximate surface area is 228 Å². The summed E-state index contributed by atoms with van der Waals surface area (Å²) in [5.74, 6) is -0.941. The van der Waals surface area contributed by atoms with Crippen LogP contribution in [-0.4, -0.2) is 28.4 Å². The lowest BCUT2D eigenvalue weighted by Gasteiger charge is -2.27. The molecule has 4 rings (SSSR count). The Morgan fingerprint density at radius 2 is 1.69 bits per heavy atom. The van der Waals surface area contributed by atoms with Crippen LogP contribution in [0.15, 0.2) is 72.1 Å². The van der Waals surface area contributed by atoms with E-state index in [1.54, 1.807) is 19.1 Å². The van der Waals surface area contributed by atoms with Crippen molar-refractivity contribution in [2.75, 3.05) is 11.9 Å². The van der Waals surface area contributed by atoms with Crippen molar-refractivity contribution >= 4 is 73.8 Å². The predicted molar refractivity (Wildman–Crippen MR) is 150 cm³/mol. The smallest absolute Gasteiger partial charge is 0.341 e. The number of benzene rings is 3. The Morgan fingerprint density at radius 3 is 2.39 bits per heavy atom. The molecule has 0 aliphatic carbocycles. The second-order valence-corrected chi connectivity index (χ2v) is 11.3. The molecular weight excluding hydrogens is 539 g/mol. The molecule has 186 valence electrons. The molecule has 1 aromatic heterocycles. The summed E-state index contributed by atoms with van der Waals surface area (Å²) < 4.78 is 3.39. The van der Waals surface area contributed by atoms with Crippen LogP contribution in [0.25, 0.3) is 21.9 Å². The van der Waals surface area contributed by atoms with Crippen molar-refractivity contribution in [3.63, 3.8) is 0 Å². The van der Waals surface area contributed by atoms with Gasteiger partial charge in [0.25, 0.3) is 5.91 Å². The first-order valence-corrected chi connectivity index (χ1v) is 13.2. The van der Waals surface area contributed by atoms with Crippen LogP contribution in [0.2, 0.25) is 0 Å². The number of esters is 1. The SMILES string of the molecule is CCOC(=O)c1c(-c2ccc(C)cc2)csc1N[C@@H](NC(=O)c1cccc2ccccc12)C(Cl)(Cl)Cl. The molecule has 9 heteroatoms. The first-order chi connectivity index (χ1) is 17.2. The number of halogens is 3. The summed E-state index contributed by atoms with van der Waals surface area (Å²) in [5, 5.41) is 9.77. The Balaban J connectivity index is 1.69. The van der Waals surface area contributed by atoms with Crippen LogP contribution in [0.3, 0.4) is 0 Å². The van der Waals surface area contributed by atoms with Gasteiger partial charge in [0.1, 0.15) is 16.7 Å². The van der Waals surface area contributed by atoms with E-state index in [0.29, 0.717) is 21.7 Å². The Morgan fingerprint density at radius 1 is 1.00 bits per heavy atom. The number of nitrogens with one attached hydrogen (secondary N) is 2. The molecule has 3 aromatic carbocycles. The zero-order valence-corrected chi connectivity index (χ0v) is 22.6.